The van der Waals surface area contributed by atoms with Crippen LogP contribution >= 0.6 is 11.3 Å². The van der Waals surface area contributed by atoms with E-state index in [9.17, 15) is 4.79 Å². The summed E-state index contributed by atoms with van der Waals surface area (Å²) in [6.07, 6.45) is 1.90. The molecule has 0 spiro atoms. The highest BCUT2D eigenvalue weighted by Gasteiger charge is 2.24. The van der Waals surface area contributed by atoms with Gasteiger partial charge in [-0.1, -0.05) is 5.16 Å². The van der Waals surface area contributed by atoms with E-state index in [2.05, 4.69) is 15.5 Å². The van der Waals surface area contributed by atoms with Crippen molar-refractivity contribution in [3.63, 3.8) is 0 Å². The van der Waals surface area contributed by atoms with E-state index < -0.39 is 0 Å². The lowest BCUT2D eigenvalue weighted by molar-refractivity contribution is -0.119. The fourth-order valence-corrected chi connectivity index (χ4v) is 2.92. The van der Waals surface area contributed by atoms with Gasteiger partial charge in [-0.25, -0.2) is 0 Å². The Morgan fingerprint density at radius 1 is 1.55 bits per heavy atom. The molecule has 7 heteroatoms. The molecule has 6 nitrogen and oxygen atoms in total. The summed E-state index contributed by atoms with van der Waals surface area (Å²) in [5.41, 5.74) is 0. The first-order valence-corrected chi connectivity index (χ1v) is 7.33. The third-order valence-corrected chi connectivity index (χ3v) is 4.12. The highest BCUT2D eigenvalue weighted by atomic mass is 32.1. The van der Waals surface area contributed by atoms with Gasteiger partial charge >= 0.3 is 0 Å². The van der Waals surface area contributed by atoms with Crippen LogP contribution in [-0.4, -0.2) is 22.7 Å². The zero-order valence-electron chi connectivity index (χ0n) is 11.1. The molecule has 1 amide bonds. The number of thiophene rings is 1. The van der Waals surface area contributed by atoms with E-state index in [1.807, 2.05) is 12.1 Å². The minimum absolute atomic E-state index is 0.0415. The molecule has 20 heavy (non-hydrogen) atoms. The molecule has 1 aliphatic heterocycles. The molecular weight excluding hydrogens is 278 g/mol. The minimum atomic E-state index is -0.0601. The predicted octanol–water partition coefficient (Wildman–Crippen LogP) is 2.29. The van der Waals surface area contributed by atoms with Crippen LogP contribution in [0.3, 0.4) is 0 Å². The molecule has 3 rings (SSSR count). The third kappa shape index (κ3) is 2.88. The second-order valence-corrected chi connectivity index (χ2v) is 5.80. The molecule has 1 atom stereocenters. The van der Waals surface area contributed by atoms with Gasteiger partial charge in [0.25, 0.3) is 5.89 Å². The maximum absolute atomic E-state index is 10.9. The summed E-state index contributed by atoms with van der Waals surface area (Å²) in [5.74, 6) is 1.09. The SMILES string of the molecule is CC(=O)NCc1ccc(-c2noc([C@H]3CCCO3)n2)s1. The molecule has 1 aliphatic rings. The van der Waals surface area contributed by atoms with Crippen LogP contribution in [0.15, 0.2) is 16.7 Å². The summed E-state index contributed by atoms with van der Waals surface area (Å²) >= 11 is 1.54. The summed E-state index contributed by atoms with van der Waals surface area (Å²) in [6, 6.07) is 3.89. The Bertz CT molecular complexity index is 602. The van der Waals surface area contributed by atoms with E-state index in [1.165, 1.54) is 6.92 Å². The maximum atomic E-state index is 10.9. The van der Waals surface area contributed by atoms with Crippen molar-refractivity contribution in [3.05, 3.63) is 22.9 Å². The van der Waals surface area contributed by atoms with Gasteiger partial charge in [0.1, 0.15) is 6.10 Å². The first-order chi connectivity index (χ1) is 9.72. The quantitative estimate of drug-likeness (QED) is 0.935. The van der Waals surface area contributed by atoms with Gasteiger partial charge in [-0.05, 0) is 25.0 Å². The van der Waals surface area contributed by atoms with Gasteiger partial charge in [0, 0.05) is 18.4 Å². The first kappa shape index (κ1) is 13.3. The molecule has 1 N–H and O–H groups in total. The molecule has 0 saturated carbocycles. The molecule has 106 valence electrons. The van der Waals surface area contributed by atoms with Crippen LogP contribution in [0.4, 0.5) is 0 Å². The Kier molecular flexibility index (Phi) is 3.79. The number of nitrogens with one attached hydrogen (secondary N) is 1. The Labute approximate surface area is 120 Å². The predicted molar refractivity (Wildman–Crippen MR) is 73.1 cm³/mol. The third-order valence-electron chi connectivity index (χ3n) is 3.04. The van der Waals surface area contributed by atoms with Gasteiger partial charge in [0.2, 0.25) is 11.7 Å². The van der Waals surface area contributed by atoms with Crippen molar-refractivity contribution < 1.29 is 14.1 Å². The number of amides is 1. The van der Waals surface area contributed by atoms with Crippen LogP contribution in [0.5, 0.6) is 0 Å². The largest absolute Gasteiger partial charge is 0.368 e. The van der Waals surface area contributed by atoms with Crippen molar-refractivity contribution in [2.75, 3.05) is 6.61 Å². The highest BCUT2D eigenvalue weighted by Crippen LogP contribution is 2.30. The van der Waals surface area contributed by atoms with Crippen molar-refractivity contribution in [2.45, 2.75) is 32.4 Å². The molecule has 1 saturated heterocycles. The van der Waals surface area contributed by atoms with Crippen LogP contribution < -0.4 is 5.32 Å². The van der Waals surface area contributed by atoms with Gasteiger partial charge in [0.15, 0.2) is 0 Å². The molecule has 3 heterocycles. The van der Waals surface area contributed by atoms with Crippen molar-refractivity contribution in [2.24, 2.45) is 0 Å². The molecule has 0 radical (unpaired) electrons. The average molecular weight is 293 g/mol. The van der Waals surface area contributed by atoms with Crippen molar-refractivity contribution in [1.29, 1.82) is 0 Å². The van der Waals surface area contributed by atoms with Crippen LogP contribution in [0.2, 0.25) is 0 Å². The summed E-state index contributed by atoms with van der Waals surface area (Å²) in [7, 11) is 0. The number of nitrogens with zero attached hydrogens (tertiary/aromatic N) is 2. The summed E-state index contributed by atoms with van der Waals surface area (Å²) in [6.45, 7) is 2.78. The molecule has 0 aliphatic carbocycles. The lowest BCUT2D eigenvalue weighted by Crippen LogP contribution is -2.17. The number of hydrogen-bond donors (Lipinski definition) is 1. The monoisotopic (exact) mass is 293 g/mol. The lowest BCUT2D eigenvalue weighted by atomic mass is 10.2. The fraction of sp³-hybridized carbons (Fsp3) is 0.462. The molecule has 1 fully saturated rings. The smallest absolute Gasteiger partial charge is 0.256 e. The van der Waals surface area contributed by atoms with E-state index in [1.54, 1.807) is 11.3 Å². The average Bonchev–Trinajstić information content (AvgIpc) is 3.15. The van der Waals surface area contributed by atoms with Gasteiger partial charge in [-0.15, -0.1) is 11.3 Å². The minimum Gasteiger partial charge on any atom is -0.368 e. The molecule has 0 bridgehead atoms. The maximum Gasteiger partial charge on any atom is 0.256 e. The normalized spacial score (nSPS) is 18.4. The number of carbonyl (C=O) groups is 1. The number of aromatic nitrogens is 2. The standard InChI is InChI=1S/C13H15N3O3S/c1-8(17)14-7-9-4-5-11(20-9)12-15-13(19-16-12)10-3-2-6-18-10/h4-5,10H,2-3,6-7H2,1H3,(H,14,17)/t10-/m1/s1. The van der Waals surface area contributed by atoms with Crippen LogP contribution in [0, 0.1) is 0 Å². The van der Waals surface area contributed by atoms with Crippen molar-refractivity contribution >= 4 is 17.2 Å². The number of ether oxygens (including phenoxy) is 1. The van der Waals surface area contributed by atoms with Crippen LogP contribution in [-0.2, 0) is 16.1 Å². The Morgan fingerprint density at radius 2 is 2.45 bits per heavy atom. The van der Waals surface area contributed by atoms with Crippen LogP contribution in [0.1, 0.15) is 36.6 Å². The Balaban J connectivity index is 1.71. The molecule has 2 aromatic heterocycles. The zero-order valence-corrected chi connectivity index (χ0v) is 11.9. The van der Waals surface area contributed by atoms with E-state index in [0.717, 1.165) is 29.2 Å². The summed E-state index contributed by atoms with van der Waals surface area (Å²) < 4.78 is 10.8. The lowest BCUT2D eigenvalue weighted by Gasteiger charge is -2.00. The summed E-state index contributed by atoms with van der Waals surface area (Å²) in [4.78, 5) is 17.3. The van der Waals surface area contributed by atoms with Crippen molar-refractivity contribution in [1.82, 2.24) is 15.5 Å². The van der Waals surface area contributed by atoms with Gasteiger partial charge in [0.05, 0.1) is 11.4 Å². The second kappa shape index (κ2) is 5.72. The Morgan fingerprint density at radius 3 is 3.20 bits per heavy atom. The van der Waals surface area contributed by atoms with Gasteiger partial charge < -0.3 is 14.6 Å². The van der Waals surface area contributed by atoms with E-state index in [-0.39, 0.29) is 12.0 Å². The molecule has 0 aromatic carbocycles. The topological polar surface area (TPSA) is 77.2 Å². The number of rotatable bonds is 4. The second-order valence-electron chi connectivity index (χ2n) is 4.63. The molecular formula is C13H15N3O3S. The van der Waals surface area contributed by atoms with E-state index >= 15 is 0 Å². The van der Waals surface area contributed by atoms with Gasteiger partial charge in [-0.2, -0.15) is 4.98 Å². The Hall–Kier alpha value is -1.73. The zero-order chi connectivity index (χ0) is 13.9. The fourth-order valence-electron chi connectivity index (χ4n) is 2.04. The number of hydrogen-bond acceptors (Lipinski definition) is 6. The first-order valence-electron chi connectivity index (χ1n) is 6.51. The summed E-state index contributed by atoms with van der Waals surface area (Å²) in [5, 5.41) is 6.76. The van der Waals surface area contributed by atoms with Gasteiger partial charge in [-0.3, -0.25) is 4.79 Å². The van der Waals surface area contributed by atoms with Crippen molar-refractivity contribution in [3.8, 4) is 10.7 Å². The van der Waals surface area contributed by atoms with E-state index in [4.69, 9.17) is 9.26 Å². The van der Waals surface area contributed by atoms with Crippen LogP contribution in [0.25, 0.3) is 10.7 Å². The highest BCUT2D eigenvalue weighted by molar-refractivity contribution is 7.15. The number of carbonyl (C=O) groups excluding carboxylic acids is 1. The molecule has 0 unspecified atom stereocenters. The molecule has 2 aromatic rings. The van der Waals surface area contributed by atoms with E-state index in [0.29, 0.717) is 18.3 Å².